The molecule has 0 saturated carbocycles. The highest BCUT2D eigenvalue weighted by atomic mass is 79.9. The Morgan fingerprint density at radius 3 is 2.95 bits per heavy atom. The second-order valence-electron chi connectivity index (χ2n) is 4.06. The lowest BCUT2D eigenvalue weighted by Gasteiger charge is -2.04. The van der Waals surface area contributed by atoms with Gasteiger partial charge in [-0.2, -0.15) is 0 Å². The largest absolute Gasteiger partial charge is 0.496 e. The third-order valence-electron chi connectivity index (χ3n) is 2.61. The summed E-state index contributed by atoms with van der Waals surface area (Å²) in [6, 6.07) is 5.59. The molecule has 1 amide bonds. The van der Waals surface area contributed by atoms with Gasteiger partial charge in [0.15, 0.2) is 0 Å². The number of hydrogen-bond acceptors (Lipinski definition) is 5. The molecule has 0 spiro atoms. The van der Waals surface area contributed by atoms with Crippen molar-refractivity contribution in [1.82, 2.24) is 10.2 Å². The number of anilines is 1. The van der Waals surface area contributed by atoms with Crippen molar-refractivity contribution in [1.29, 1.82) is 0 Å². The molecular formula is C14H14BrN3O2S. The molecule has 21 heavy (non-hydrogen) atoms. The van der Waals surface area contributed by atoms with Crippen LogP contribution in [0.5, 0.6) is 5.75 Å². The molecule has 2 rings (SSSR count). The van der Waals surface area contributed by atoms with Crippen LogP contribution >= 0.6 is 27.3 Å². The van der Waals surface area contributed by atoms with E-state index in [9.17, 15) is 4.79 Å². The van der Waals surface area contributed by atoms with Gasteiger partial charge in [-0.1, -0.05) is 34.2 Å². The van der Waals surface area contributed by atoms with Gasteiger partial charge in [0.05, 0.1) is 7.11 Å². The Morgan fingerprint density at radius 1 is 1.48 bits per heavy atom. The van der Waals surface area contributed by atoms with Crippen molar-refractivity contribution in [2.75, 3.05) is 12.4 Å². The van der Waals surface area contributed by atoms with Gasteiger partial charge in [-0.25, -0.2) is 0 Å². The molecule has 0 aliphatic carbocycles. The Balaban J connectivity index is 2.06. The van der Waals surface area contributed by atoms with E-state index in [4.69, 9.17) is 4.74 Å². The highest BCUT2D eigenvalue weighted by molar-refractivity contribution is 9.10. The molecule has 2 aromatic rings. The minimum Gasteiger partial charge on any atom is -0.496 e. The fourth-order valence-electron chi connectivity index (χ4n) is 1.59. The molecule has 0 bridgehead atoms. The summed E-state index contributed by atoms with van der Waals surface area (Å²) in [5.41, 5.74) is 0.813. The van der Waals surface area contributed by atoms with Crippen molar-refractivity contribution in [3.8, 4) is 5.75 Å². The first-order chi connectivity index (χ1) is 10.1. The normalized spacial score (nSPS) is 10.8. The van der Waals surface area contributed by atoms with Crippen molar-refractivity contribution in [3.05, 3.63) is 39.3 Å². The first-order valence-corrected chi connectivity index (χ1v) is 7.88. The molecule has 5 nitrogen and oxygen atoms in total. The topological polar surface area (TPSA) is 64.1 Å². The van der Waals surface area contributed by atoms with Gasteiger partial charge in [-0.15, -0.1) is 10.2 Å². The van der Waals surface area contributed by atoms with E-state index in [0.29, 0.717) is 10.9 Å². The lowest BCUT2D eigenvalue weighted by atomic mass is 10.2. The third-order valence-corrected chi connectivity index (χ3v) is 4.08. The number of hydrogen-bond donors (Lipinski definition) is 1. The van der Waals surface area contributed by atoms with Gasteiger partial charge in [-0.05, 0) is 30.7 Å². The Bertz CT molecular complexity index is 670. The SMILES string of the molecule is CCc1nnc(NC(=O)C=Cc2cc(Br)ccc2OC)s1. The van der Waals surface area contributed by atoms with E-state index in [1.807, 2.05) is 25.1 Å². The molecule has 0 aliphatic rings. The maximum Gasteiger partial charge on any atom is 0.250 e. The highest BCUT2D eigenvalue weighted by Crippen LogP contribution is 2.24. The number of halogens is 1. The van der Waals surface area contributed by atoms with E-state index >= 15 is 0 Å². The van der Waals surface area contributed by atoms with Crippen LogP contribution in [-0.4, -0.2) is 23.2 Å². The summed E-state index contributed by atoms with van der Waals surface area (Å²) in [6.07, 6.45) is 3.94. The molecule has 7 heteroatoms. The van der Waals surface area contributed by atoms with Gasteiger partial charge in [0.1, 0.15) is 10.8 Å². The van der Waals surface area contributed by atoms with Crippen LogP contribution in [0, 0.1) is 0 Å². The fourth-order valence-corrected chi connectivity index (χ4v) is 2.66. The Morgan fingerprint density at radius 2 is 2.29 bits per heavy atom. The van der Waals surface area contributed by atoms with Gasteiger partial charge >= 0.3 is 0 Å². The van der Waals surface area contributed by atoms with Crippen molar-refractivity contribution in [2.45, 2.75) is 13.3 Å². The summed E-state index contributed by atoms with van der Waals surface area (Å²) in [5, 5.41) is 11.9. The lowest BCUT2D eigenvalue weighted by molar-refractivity contribution is -0.111. The summed E-state index contributed by atoms with van der Waals surface area (Å²) < 4.78 is 6.16. The number of nitrogens with one attached hydrogen (secondary N) is 1. The van der Waals surface area contributed by atoms with E-state index in [-0.39, 0.29) is 5.91 Å². The van der Waals surface area contributed by atoms with Gasteiger partial charge in [0, 0.05) is 16.1 Å². The van der Waals surface area contributed by atoms with Gasteiger partial charge in [0.2, 0.25) is 11.0 Å². The maximum absolute atomic E-state index is 11.9. The first kappa shape index (κ1) is 15.7. The number of ether oxygens (including phenoxy) is 1. The number of benzene rings is 1. The monoisotopic (exact) mass is 367 g/mol. The van der Waals surface area contributed by atoms with Crippen molar-refractivity contribution >= 4 is 44.4 Å². The second-order valence-corrected chi connectivity index (χ2v) is 6.04. The molecule has 1 N–H and O–H groups in total. The van der Waals surface area contributed by atoms with Crippen LogP contribution in [0.1, 0.15) is 17.5 Å². The van der Waals surface area contributed by atoms with Gasteiger partial charge in [0.25, 0.3) is 0 Å². The van der Waals surface area contributed by atoms with Crippen LogP contribution in [0.25, 0.3) is 6.08 Å². The number of carbonyl (C=O) groups excluding carboxylic acids is 1. The van der Waals surface area contributed by atoms with Gasteiger partial charge in [-0.3, -0.25) is 10.1 Å². The van der Waals surface area contributed by atoms with E-state index < -0.39 is 0 Å². The van der Waals surface area contributed by atoms with Crippen molar-refractivity contribution in [3.63, 3.8) is 0 Å². The number of aryl methyl sites for hydroxylation is 1. The van der Waals surface area contributed by atoms with Crippen molar-refractivity contribution in [2.24, 2.45) is 0 Å². The minimum absolute atomic E-state index is 0.254. The highest BCUT2D eigenvalue weighted by Gasteiger charge is 2.05. The minimum atomic E-state index is -0.254. The number of rotatable bonds is 5. The summed E-state index contributed by atoms with van der Waals surface area (Å²) >= 11 is 4.76. The summed E-state index contributed by atoms with van der Waals surface area (Å²) in [4.78, 5) is 11.9. The Labute approximate surface area is 135 Å². The average molecular weight is 368 g/mol. The lowest BCUT2D eigenvalue weighted by Crippen LogP contribution is -2.07. The summed E-state index contributed by atoms with van der Waals surface area (Å²) in [5.74, 6) is 0.447. The molecule has 1 aromatic carbocycles. The van der Waals surface area contributed by atoms with Crippen LogP contribution in [0.15, 0.2) is 28.7 Å². The van der Waals surface area contributed by atoms with Crippen LogP contribution in [0.4, 0.5) is 5.13 Å². The predicted octanol–water partition coefficient (Wildman–Crippen LogP) is 3.52. The molecule has 0 saturated heterocycles. The second kappa shape index (κ2) is 7.33. The molecule has 0 radical (unpaired) electrons. The van der Waals surface area contributed by atoms with E-state index in [0.717, 1.165) is 21.5 Å². The summed E-state index contributed by atoms with van der Waals surface area (Å²) in [6.45, 7) is 1.99. The number of nitrogens with zero attached hydrogens (tertiary/aromatic N) is 2. The zero-order chi connectivity index (χ0) is 15.2. The van der Waals surface area contributed by atoms with Crippen LogP contribution in [0.2, 0.25) is 0 Å². The van der Waals surface area contributed by atoms with Crippen LogP contribution < -0.4 is 10.1 Å². The smallest absolute Gasteiger partial charge is 0.250 e. The van der Waals surface area contributed by atoms with E-state index in [1.54, 1.807) is 13.2 Å². The van der Waals surface area contributed by atoms with E-state index in [1.165, 1.54) is 17.4 Å². The van der Waals surface area contributed by atoms with Crippen LogP contribution in [0.3, 0.4) is 0 Å². The molecule has 0 atom stereocenters. The maximum atomic E-state index is 11.9. The number of carbonyl (C=O) groups is 1. The zero-order valence-electron chi connectivity index (χ0n) is 11.6. The molecule has 0 aliphatic heterocycles. The number of aromatic nitrogens is 2. The molecule has 1 heterocycles. The molecule has 0 fully saturated rings. The fraction of sp³-hybridized carbons (Fsp3) is 0.214. The molecule has 110 valence electrons. The number of amides is 1. The third kappa shape index (κ3) is 4.37. The molecular weight excluding hydrogens is 354 g/mol. The van der Waals surface area contributed by atoms with Crippen LogP contribution in [-0.2, 0) is 11.2 Å². The first-order valence-electron chi connectivity index (χ1n) is 6.27. The predicted molar refractivity (Wildman–Crippen MR) is 87.6 cm³/mol. The van der Waals surface area contributed by atoms with Crippen molar-refractivity contribution < 1.29 is 9.53 Å². The van der Waals surface area contributed by atoms with E-state index in [2.05, 4.69) is 31.4 Å². The van der Waals surface area contributed by atoms with Gasteiger partial charge < -0.3 is 4.74 Å². The Hall–Kier alpha value is -1.73. The summed E-state index contributed by atoms with van der Waals surface area (Å²) in [7, 11) is 1.59. The zero-order valence-corrected chi connectivity index (χ0v) is 14.0. The average Bonchev–Trinajstić information content (AvgIpc) is 2.93. The molecule has 0 unspecified atom stereocenters. The Kier molecular flexibility index (Phi) is 5.46. The quantitative estimate of drug-likeness (QED) is 0.821. The standard InChI is InChI=1S/C14H14BrN3O2S/c1-3-13-17-18-14(21-13)16-12(19)7-4-9-8-10(15)5-6-11(9)20-2/h4-8H,3H2,1-2H3,(H,16,18,19). The number of methoxy groups -OCH3 is 1. The molecule has 1 aromatic heterocycles.